The lowest BCUT2D eigenvalue weighted by Gasteiger charge is -2.44. The number of nitrogen functional groups attached to an aromatic ring is 1. The number of halogens is 1. The minimum Gasteiger partial charge on any atom is -0.346 e. The van der Waals surface area contributed by atoms with Crippen LogP contribution in [0.2, 0.25) is 5.02 Å². The molecule has 6 nitrogen and oxygen atoms in total. The Hall–Kier alpha value is -1.37. The van der Waals surface area contributed by atoms with Gasteiger partial charge in [-0.15, -0.1) is 0 Å². The van der Waals surface area contributed by atoms with Gasteiger partial charge in [0.05, 0.1) is 5.02 Å². The molecule has 4 heterocycles. The van der Waals surface area contributed by atoms with E-state index in [1.165, 1.54) is 0 Å². The molecule has 1 atom stereocenters. The Kier molecular flexibility index (Phi) is 3.78. The van der Waals surface area contributed by atoms with Crippen molar-refractivity contribution in [3.63, 3.8) is 0 Å². The predicted molar refractivity (Wildman–Crippen MR) is 77.5 cm³/mol. The van der Waals surface area contributed by atoms with E-state index in [9.17, 15) is 4.79 Å². The quantitative estimate of drug-likeness (QED) is 0.569. The monoisotopic (exact) mass is 295 g/mol. The van der Waals surface area contributed by atoms with Gasteiger partial charge in [-0.1, -0.05) is 11.6 Å². The fraction of sp³-hybridized carbons (Fsp3) is 0.538. The van der Waals surface area contributed by atoms with Crippen LogP contribution in [0.1, 0.15) is 23.3 Å². The van der Waals surface area contributed by atoms with E-state index in [0.717, 1.165) is 32.5 Å². The average molecular weight is 296 g/mol. The molecule has 4 N–H and O–H groups in total. The summed E-state index contributed by atoms with van der Waals surface area (Å²) in [6.45, 7) is 3.20. The van der Waals surface area contributed by atoms with Gasteiger partial charge in [-0.05, 0) is 44.0 Å². The van der Waals surface area contributed by atoms with Crippen LogP contribution in [0.25, 0.3) is 0 Å². The van der Waals surface area contributed by atoms with E-state index in [1.807, 2.05) is 0 Å². The van der Waals surface area contributed by atoms with Gasteiger partial charge >= 0.3 is 0 Å². The number of nitrogens with one attached hydrogen (secondary N) is 2. The fourth-order valence-corrected chi connectivity index (χ4v) is 3.24. The van der Waals surface area contributed by atoms with Crippen LogP contribution in [-0.4, -0.2) is 41.5 Å². The Bertz CT molecular complexity index is 515. The number of piperidine rings is 3. The highest BCUT2D eigenvalue weighted by Crippen LogP contribution is 2.28. The second kappa shape index (κ2) is 5.55. The maximum atomic E-state index is 12.3. The van der Waals surface area contributed by atoms with E-state index < -0.39 is 0 Å². The Morgan fingerprint density at radius 2 is 2.15 bits per heavy atom. The standard InChI is InChI=1S/C13H18ClN5O/c14-9-1-2-11(18-15)17-12(9)13(20)16-10-7-19-5-3-8(10)4-6-19/h1-2,8,10H,3-7,15H2,(H,16,20)(H,17,18). The average Bonchev–Trinajstić information content (AvgIpc) is 2.49. The molecule has 0 radical (unpaired) electrons. The zero-order valence-corrected chi connectivity index (χ0v) is 11.9. The van der Waals surface area contributed by atoms with Gasteiger partial charge in [-0.2, -0.15) is 0 Å². The summed E-state index contributed by atoms with van der Waals surface area (Å²) in [5.41, 5.74) is 2.64. The van der Waals surface area contributed by atoms with Crippen LogP contribution in [-0.2, 0) is 0 Å². The van der Waals surface area contributed by atoms with Gasteiger partial charge in [-0.3, -0.25) is 4.79 Å². The van der Waals surface area contributed by atoms with Crippen molar-refractivity contribution in [3.8, 4) is 0 Å². The van der Waals surface area contributed by atoms with Crippen LogP contribution in [0.5, 0.6) is 0 Å². The second-order valence-electron chi connectivity index (χ2n) is 5.39. The SMILES string of the molecule is NNc1ccc(Cl)c(C(=O)NC2CN3CCC2CC3)n1. The first-order valence-corrected chi connectivity index (χ1v) is 7.21. The number of carbonyl (C=O) groups is 1. The third-order valence-electron chi connectivity index (χ3n) is 4.18. The minimum absolute atomic E-state index is 0.192. The van der Waals surface area contributed by atoms with Crippen molar-refractivity contribution >= 4 is 23.3 Å². The normalized spacial score (nSPS) is 28.2. The van der Waals surface area contributed by atoms with E-state index in [-0.39, 0.29) is 17.6 Å². The summed E-state index contributed by atoms with van der Waals surface area (Å²) in [4.78, 5) is 18.8. The van der Waals surface area contributed by atoms with Crippen molar-refractivity contribution in [2.45, 2.75) is 18.9 Å². The van der Waals surface area contributed by atoms with Crippen molar-refractivity contribution in [1.82, 2.24) is 15.2 Å². The highest BCUT2D eigenvalue weighted by molar-refractivity contribution is 6.33. The van der Waals surface area contributed by atoms with Gasteiger partial charge in [0.1, 0.15) is 11.5 Å². The maximum Gasteiger partial charge on any atom is 0.271 e. The molecule has 1 unspecified atom stereocenters. The molecule has 0 saturated carbocycles. The van der Waals surface area contributed by atoms with Gasteiger partial charge in [0.2, 0.25) is 0 Å². The van der Waals surface area contributed by atoms with Crippen LogP contribution in [0.3, 0.4) is 0 Å². The minimum atomic E-state index is -0.231. The highest BCUT2D eigenvalue weighted by atomic mass is 35.5. The van der Waals surface area contributed by atoms with E-state index in [1.54, 1.807) is 12.1 Å². The first-order valence-electron chi connectivity index (χ1n) is 6.84. The molecule has 0 aliphatic carbocycles. The molecule has 3 aliphatic heterocycles. The molecule has 1 amide bonds. The second-order valence-corrected chi connectivity index (χ2v) is 5.80. The Morgan fingerprint density at radius 3 is 2.75 bits per heavy atom. The summed E-state index contributed by atoms with van der Waals surface area (Å²) in [7, 11) is 0. The molecular weight excluding hydrogens is 278 g/mol. The number of hydrogen-bond acceptors (Lipinski definition) is 5. The molecule has 20 heavy (non-hydrogen) atoms. The molecule has 7 heteroatoms. The number of amides is 1. The van der Waals surface area contributed by atoms with Crippen LogP contribution < -0.4 is 16.6 Å². The topological polar surface area (TPSA) is 83.3 Å². The van der Waals surface area contributed by atoms with Crippen molar-refractivity contribution in [2.75, 3.05) is 25.1 Å². The first kappa shape index (κ1) is 13.6. The van der Waals surface area contributed by atoms with Gasteiger partial charge in [-0.25, -0.2) is 10.8 Å². The number of nitrogens with two attached hydrogens (primary N) is 1. The zero-order valence-electron chi connectivity index (χ0n) is 11.1. The fourth-order valence-electron chi connectivity index (χ4n) is 3.05. The molecule has 108 valence electrons. The number of nitrogens with zero attached hydrogens (tertiary/aromatic N) is 2. The number of pyridine rings is 1. The number of hydrazine groups is 1. The highest BCUT2D eigenvalue weighted by Gasteiger charge is 2.35. The molecule has 0 aromatic carbocycles. The molecule has 3 saturated heterocycles. The summed E-state index contributed by atoms with van der Waals surface area (Å²) in [5.74, 6) is 6.07. The van der Waals surface area contributed by atoms with Crippen molar-refractivity contribution in [3.05, 3.63) is 22.8 Å². The lowest BCUT2D eigenvalue weighted by Crippen LogP contribution is -2.57. The Balaban J connectivity index is 1.73. The van der Waals surface area contributed by atoms with Gasteiger partial charge in [0.15, 0.2) is 0 Å². The largest absolute Gasteiger partial charge is 0.346 e. The molecule has 2 bridgehead atoms. The molecule has 3 aliphatic rings. The van der Waals surface area contributed by atoms with Crippen molar-refractivity contribution < 1.29 is 4.79 Å². The first-order chi connectivity index (χ1) is 9.67. The molecule has 1 aromatic heterocycles. The molecule has 0 spiro atoms. The Labute approximate surface area is 122 Å². The number of rotatable bonds is 3. The molecule has 1 aromatic rings. The van der Waals surface area contributed by atoms with E-state index in [4.69, 9.17) is 17.4 Å². The van der Waals surface area contributed by atoms with Crippen LogP contribution >= 0.6 is 11.6 Å². The van der Waals surface area contributed by atoms with E-state index in [0.29, 0.717) is 16.8 Å². The molecule has 3 fully saturated rings. The van der Waals surface area contributed by atoms with Crippen LogP contribution in [0.15, 0.2) is 12.1 Å². The lowest BCUT2D eigenvalue weighted by molar-refractivity contribution is 0.0618. The summed E-state index contributed by atoms with van der Waals surface area (Å²) in [6.07, 6.45) is 2.30. The number of aromatic nitrogens is 1. The number of carbonyl (C=O) groups excluding carboxylic acids is 1. The van der Waals surface area contributed by atoms with E-state index in [2.05, 4.69) is 20.6 Å². The van der Waals surface area contributed by atoms with Gasteiger partial charge in [0.25, 0.3) is 5.91 Å². The maximum absolute atomic E-state index is 12.3. The predicted octanol–water partition coefficient (Wildman–Crippen LogP) is 0.845. The summed E-state index contributed by atoms with van der Waals surface area (Å²) in [6, 6.07) is 3.44. The van der Waals surface area contributed by atoms with Crippen LogP contribution in [0.4, 0.5) is 5.82 Å². The smallest absolute Gasteiger partial charge is 0.271 e. The Morgan fingerprint density at radius 1 is 1.40 bits per heavy atom. The summed E-state index contributed by atoms with van der Waals surface area (Å²) >= 11 is 6.04. The van der Waals surface area contributed by atoms with Gasteiger partial charge < -0.3 is 15.6 Å². The zero-order chi connectivity index (χ0) is 14.1. The van der Waals surface area contributed by atoms with Crippen molar-refractivity contribution in [1.29, 1.82) is 0 Å². The van der Waals surface area contributed by atoms with Gasteiger partial charge in [0, 0.05) is 12.6 Å². The van der Waals surface area contributed by atoms with Crippen LogP contribution in [0, 0.1) is 5.92 Å². The molecular formula is C13H18ClN5O. The van der Waals surface area contributed by atoms with E-state index >= 15 is 0 Å². The summed E-state index contributed by atoms with van der Waals surface area (Å²) in [5, 5.41) is 3.40. The number of hydrogen-bond donors (Lipinski definition) is 3. The van der Waals surface area contributed by atoms with Crippen molar-refractivity contribution in [2.24, 2.45) is 11.8 Å². The number of fused-ring (bicyclic) bond motifs is 3. The molecule has 4 rings (SSSR count). The third kappa shape index (κ3) is 2.59. The third-order valence-corrected chi connectivity index (χ3v) is 4.49. The lowest BCUT2D eigenvalue weighted by atomic mass is 9.84. The summed E-state index contributed by atoms with van der Waals surface area (Å²) < 4.78 is 0. The number of anilines is 1.